The molecule has 0 atom stereocenters. The highest BCUT2D eigenvalue weighted by Crippen LogP contribution is 2.21. The molecule has 0 aliphatic carbocycles. The predicted octanol–water partition coefficient (Wildman–Crippen LogP) is 3.40. The van der Waals surface area contributed by atoms with E-state index in [4.69, 9.17) is 0 Å². The number of halogens is 1. The van der Waals surface area contributed by atoms with Gasteiger partial charge in [0.05, 0.1) is 5.69 Å². The number of carbonyl (C=O) groups is 1. The summed E-state index contributed by atoms with van der Waals surface area (Å²) in [5.74, 6) is 0.290. The fourth-order valence-corrected chi connectivity index (χ4v) is 2.19. The van der Waals surface area contributed by atoms with Crippen molar-refractivity contribution in [1.29, 1.82) is 0 Å². The van der Waals surface area contributed by atoms with Gasteiger partial charge in [-0.05, 0) is 37.3 Å². The first-order valence-corrected chi connectivity index (χ1v) is 6.39. The average molecular weight is 250 g/mol. The van der Waals surface area contributed by atoms with Gasteiger partial charge in [0.2, 0.25) is 0 Å². The number of hydrogen-bond donors (Lipinski definition) is 1. The minimum absolute atomic E-state index is 0.199. The van der Waals surface area contributed by atoms with Crippen molar-refractivity contribution in [2.75, 3.05) is 18.4 Å². The number of hydrogen-bond acceptors (Lipinski definition) is 1. The van der Waals surface area contributed by atoms with E-state index in [0.717, 1.165) is 31.5 Å². The third-order valence-electron chi connectivity index (χ3n) is 3.52. The number of aryl methyl sites for hydroxylation is 1. The van der Waals surface area contributed by atoms with Crippen molar-refractivity contribution in [3.63, 3.8) is 0 Å². The van der Waals surface area contributed by atoms with Crippen LogP contribution in [0, 0.1) is 18.7 Å². The first kappa shape index (κ1) is 12.9. The van der Waals surface area contributed by atoms with Crippen LogP contribution < -0.4 is 5.32 Å². The molecule has 2 amide bonds. The zero-order valence-corrected chi connectivity index (χ0v) is 10.9. The summed E-state index contributed by atoms with van der Waals surface area (Å²) in [5, 5.41) is 2.68. The molecule has 0 bridgehead atoms. The number of likely N-dealkylation sites (tertiary alicyclic amines) is 1. The van der Waals surface area contributed by atoms with Gasteiger partial charge in [-0.2, -0.15) is 0 Å². The van der Waals surface area contributed by atoms with Gasteiger partial charge < -0.3 is 10.2 Å². The summed E-state index contributed by atoms with van der Waals surface area (Å²) in [5.41, 5.74) is 1.04. The molecule has 0 saturated carbocycles. The van der Waals surface area contributed by atoms with Crippen molar-refractivity contribution in [2.45, 2.75) is 26.7 Å². The Morgan fingerprint density at radius 3 is 2.67 bits per heavy atom. The van der Waals surface area contributed by atoms with Crippen LogP contribution in [0.4, 0.5) is 14.9 Å². The summed E-state index contributed by atoms with van der Waals surface area (Å²) in [6.45, 7) is 5.48. The van der Waals surface area contributed by atoms with E-state index in [1.165, 1.54) is 6.07 Å². The molecule has 1 fully saturated rings. The van der Waals surface area contributed by atoms with Gasteiger partial charge in [-0.3, -0.25) is 0 Å². The first-order chi connectivity index (χ1) is 8.58. The van der Waals surface area contributed by atoms with Crippen LogP contribution in [0.15, 0.2) is 18.2 Å². The number of piperidine rings is 1. The molecule has 0 spiro atoms. The molecule has 1 aromatic rings. The Kier molecular flexibility index (Phi) is 3.84. The maximum atomic E-state index is 13.6. The third-order valence-corrected chi connectivity index (χ3v) is 3.52. The van der Waals surface area contributed by atoms with Gasteiger partial charge in [0.15, 0.2) is 0 Å². The Morgan fingerprint density at radius 1 is 1.39 bits per heavy atom. The summed E-state index contributed by atoms with van der Waals surface area (Å²) in [4.78, 5) is 13.8. The Morgan fingerprint density at radius 2 is 2.06 bits per heavy atom. The van der Waals surface area contributed by atoms with E-state index in [2.05, 4.69) is 12.2 Å². The second-order valence-electron chi connectivity index (χ2n) is 5.03. The quantitative estimate of drug-likeness (QED) is 0.814. The average Bonchev–Trinajstić information content (AvgIpc) is 2.34. The van der Waals surface area contributed by atoms with Crippen molar-refractivity contribution in [1.82, 2.24) is 4.90 Å². The second-order valence-corrected chi connectivity index (χ2v) is 5.03. The molecular weight excluding hydrogens is 231 g/mol. The van der Waals surface area contributed by atoms with Crippen LogP contribution in [0.25, 0.3) is 0 Å². The van der Waals surface area contributed by atoms with E-state index >= 15 is 0 Å². The third kappa shape index (κ3) is 2.81. The van der Waals surface area contributed by atoms with Crippen LogP contribution >= 0.6 is 0 Å². The molecule has 1 aliphatic heterocycles. The van der Waals surface area contributed by atoms with Gasteiger partial charge in [-0.1, -0.05) is 19.1 Å². The molecule has 2 rings (SSSR count). The first-order valence-electron chi connectivity index (χ1n) is 6.39. The monoisotopic (exact) mass is 250 g/mol. The smallest absolute Gasteiger partial charge is 0.321 e. The van der Waals surface area contributed by atoms with Crippen molar-refractivity contribution in [3.05, 3.63) is 29.6 Å². The van der Waals surface area contributed by atoms with E-state index in [1.54, 1.807) is 24.0 Å². The lowest BCUT2D eigenvalue weighted by atomic mass is 10.00. The summed E-state index contributed by atoms with van der Waals surface area (Å²) in [6, 6.07) is 4.59. The van der Waals surface area contributed by atoms with Crippen molar-refractivity contribution in [3.8, 4) is 0 Å². The maximum absolute atomic E-state index is 13.6. The Labute approximate surface area is 107 Å². The van der Waals surface area contributed by atoms with Crippen LogP contribution in [-0.2, 0) is 0 Å². The highest BCUT2D eigenvalue weighted by molar-refractivity contribution is 5.90. The molecule has 0 unspecified atom stereocenters. The number of benzene rings is 1. The fraction of sp³-hybridized carbons (Fsp3) is 0.500. The molecule has 4 heteroatoms. The number of nitrogens with zero attached hydrogens (tertiary/aromatic N) is 1. The molecule has 3 nitrogen and oxygen atoms in total. The Bertz CT molecular complexity index is 419. The van der Waals surface area contributed by atoms with Gasteiger partial charge in [0.25, 0.3) is 0 Å². The molecule has 18 heavy (non-hydrogen) atoms. The lowest BCUT2D eigenvalue weighted by Crippen LogP contribution is -2.40. The van der Waals surface area contributed by atoms with Gasteiger partial charge in [0.1, 0.15) is 5.82 Å². The van der Waals surface area contributed by atoms with Crippen molar-refractivity contribution in [2.24, 2.45) is 5.92 Å². The Balaban J connectivity index is 2.03. The number of rotatable bonds is 1. The maximum Gasteiger partial charge on any atom is 0.321 e. The van der Waals surface area contributed by atoms with Crippen LogP contribution in [-0.4, -0.2) is 24.0 Å². The van der Waals surface area contributed by atoms with Gasteiger partial charge in [-0.15, -0.1) is 0 Å². The van der Waals surface area contributed by atoms with Gasteiger partial charge in [0, 0.05) is 13.1 Å². The number of amides is 2. The molecule has 1 N–H and O–H groups in total. The largest absolute Gasteiger partial charge is 0.325 e. The number of para-hydroxylation sites is 1. The number of anilines is 1. The second kappa shape index (κ2) is 5.38. The summed E-state index contributed by atoms with van der Waals surface area (Å²) < 4.78 is 13.6. The Hall–Kier alpha value is -1.58. The van der Waals surface area contributed by atoms with Crippen LogP contribution in [0.3, 0.4) is 0 Å². The van der Waals surface area contributed by atoms with E-state index < -0.39 is 0 Å². The molecule has 98 valence electrons. The molecule has 1 saturated heterocycles. The molecule has 0 radical (unpaired) electrons. The standard InChI is InChI=1S/C14H19FN2O/c1-10-6-8-17(9-7-10)14(18)16-13-11(2)4-3-5-12(13)15/h3-5,10H,6-9H2,1-2H3,(H,16,18). The minimum atomic E-state index is -0.381. The molecule has 1 aliphatic rings. The molecular formula is C14H19FN2O. The zero-order valence-electron chi connectivity index (χ0n) is 10.9. The minimum Gasteiger partial charge on any atom is -0.325 e. The van der Waals surface area contributed by atoms with Crippen LogP contribution in [0.5, 0.6) is 0 Å². The van der Waals surface area contributed by atoms with Gasteiger partial charge >= 0.3 is 6.03 Å². The van der Waals surface area contributed by atoms with Crippen LogP contribution in [0.2, 0.25) is 0 Å². The van der Waals surface area contributed by atoms with Crippen LogP contribution in [0.1, 0.15) is 25.3 Å². The molecule has 0 aromatic heterocycles. The fourth-order valence-electron chi connectivity index (χ4n) is 2.19. The van der Waals surface area contributed by atoms with E-state index in [9.17, 15) is 9.18 Å². The highest BCUT2D eigenvalue weighted by atomic mass is 19.1. The summed E-state index contributed by atoms with van der Waals surface area (Å²) >= 11 is 0. The highest BCUT2D eigenvalue weighted by Gasteiger charge is 2.21. The molecule has 1 aromatic carbocycles. The number of urea groups is 1. The lowest BCUT2D eigenvalue weighted by Gasteiger charge is -2.30. The number of carbonyl (C=O) groups excluding carboxylic acids is 1. The summed E-state index contributed by atoms with van der Waals surface area (Å²) in [6.07, 6.45) is 2.04. The SMILES string of the molecule is Cc1cccc(F)c1NC(=O)N1CCC(C)CC1. The van der Waals surface area contributed by atoms with E-state index in [-0.39, 0.29) is 11.8 Å². The van der Waals surface area contributed by atoms with E-state index in [1.807, 2.05) is 0 Å². The predicted molar refractivity (Wildman–Crippen MR) is 70.1 cm³/mol. The van der Waals surface area contributed by atoms with Crippen molar-refractivity contribution >= 4 is 11.7 Å². The topological polar surface area (TPSA) is 32.3 Å². The molecule has 1 heterocycles. The zero-order chi connectivity index (χ0) is 13.1. The lowest BCUT2D eigenvalue weighted by molar-refractivity contribution is 0.186. The normalized spacial score (nSPS) is 16.7. The van der Waals surface area contributed by atoms with E-state index in [0.29, 0.717) is 11.6 Å². The summed E-state index contributed by atoms with van der Waals surface area (Å²) in [7, 11) is 0. The van der Waals surface area contributed by atoms with Gasteiger partial charge in [-0.25, -0.2) is 9.18 Å². The number of nitrogens with one attached hydrogen (secondary N) is 1. The van der Waals surface area contributed by atoms with Crippen molar-refractivity contribution < 1.29 is 9.18 Å².